The van der Waals surface area contributed by atoms with Gasteiger partial charge in [0.25, 0.3) is 0 Å². The first-order valence-electron chi connectivity index (χ1n) is 3.44. The molecule has 0 radical (unpaired) electrons. The van der Waals surface area contributed by atoms with Gasteiger partial charge in [-0.3, -0.25) is 4.79 Å². The summed E-state index contributed by atoms with van der Waals surface area (Å²) in [4.78, 5) is 14.4. The van der Waals surface area contributed by atoms with Crippen LogP contribution >= 0.6 is 0 Å². The van der Waals surface area contributed by atoms with E-state index in [-0.39, 0.29) is 11.5 Å². The smallest absolute Gasteiger partial charge is 0.181 e. The quantitative estimate of drug-likeness (QED) is 0.628. The molecule has 0 bridgehead atoms. The second-order valence-electron chi connectivity index (χ2n) is 2.36. The van der Waals surface area contributed by atoms with Crippen molar-refractivity contribution in [1.29, 1.82) is 0 Å². The Morgan fingerprint density at radius 3 is 2.83 bits per heavy atom. The van der Waals surface area contributed by atoms with Crippen LogP contribution < -0.4 is 0 Å². The lowest BCUT2D eigenvalue weighted by molar-refractivity contribution is 0.100. The maximum absolute atomic E-state index is 13.0. The number of aromatic nitrogens is 1. The molecule has 0 saturated carbocycles. The van der Waals surface area contributed by atoms with E-state index < -0.39 is 5.82 Å². The Morgan fingerprint density at radius 1 is 1.75 bits per heavy atom. The van der Waals surface area contributed by atoms with E-state index in [1.54, 1.807) is 0 Å². The summed E-state index contributed by atoms with van der Waals surface area (Å²) < 4.78 is 13.0. The third kappa shape index (κ3) is 1.56. The van der Waals surface area contributed by atoms with Crippen molar-refractivity contribution in [2.45, 2.75) is 6.92 Å². The van der Waals surface area contributed by atoms with E-state index in [1.807, 2.05) is 0 Å². The number of halogens is 1. The second-order valence-corrected chi connectivity index (χ2v) is 2.36. The van der Waals surface area contributed by atoms with Crippen molar-refractivity contribution < 1.29 is 9.18 Å². The summed E-state index contributed by atoms with van der Waals surface area (Å²) in [5, 5.41) is 0. The van der Waals surface area contributed by atoms with Gasteiger partial charge in [0.05, 0.1) is 0 Å². The Labute approximate surface area is 69.7 Å². The number of nitrogens with zero attached hydrogens (tertiary/aromatic N) is 1. The Bertz CT molecular complexity index is 333. The number of carbonyl (C=O) groups excluding carboxylic acids is 1. The van der Waals surface area contributed by atoms with E-state index in [9.17, 15) is 9.18 Å². The summed E-state index contributed by atoms with van der Waals surface area (Å²) in [7, 11) is 0. The Balaban J connectivity index is 3.20. The van der Waals surface area contributed by atoms with E-state index >= 15 is 0 Å². The molecule has 1 aromatic heterocycles. The standard InChI is InChI=1S/C9H8FNO/c1-3-7-4-8(10)9(6(2)12)11-5-7/h3-5H,1H2,2H3. The molecule has 1 heterocycles. The molecule has 2 nitrogen and oxygen atoms in total. The zero-order valence-corrected chi connectivity index (χ0v) is 6.67. The van der Waals surface area contributed by atoms with Gasteiger partial charge in [-0.1, -0.05) is 12.7 Å². The monoisotopic (exact) mass is 165 g/mol. The zero-order chi connectivity index (χ0) is 9.14. The van der Waals surface area contributed by atoms with Crippen LogP contribution in [-0.2, 0) is 0 Å². The van der Waals surface area contributed by atoms with Crippen LogP contribution in [-0.4, -0.2) is 10.8 Å². The predicted molar refractivity (Wildman–Crippen MR) is 44.3 cm³/mol. The van der Waals surface area contributed by atoms with Gasteiger partial charge >= 0.3 is 0 Å². The van der Waals surface area contributed by atoms with E-state index in [0.29, 0.717) is 5.56 Å². The van der Waals surface area contributed by atoms with Crippen LogP contribution in [0.1, 0.15) is 23.0 Å². The van der Waals surface area contributed by atoms with Gasteiger partial charge < -0.3 is 0 Å². The topological polar surface area (TPSA) is 30.0 Å². The molecule has 0 unspecified atom stereocenters. The minimum atomic E-state index is -0.597. The maximum atomic E-state index is 13.0. The Hall–Kier alpha value is -1.51. The molecule has 62 valence electrons. The van der Waals surface area contributed by atoms with Gasteiger partial charge in [-0.05, 0) is 11.6 Å². The van der Waals surface area contributed by atoms with Crippen LogP contribution in [0.5, 0.6) is 0 Å². The molecule has 12 heavy (non-hydrogen) atoms. The lowest BCUT2D eigenvalue weighted by Gasteiger charge is -1.97. The minimum absolute atomic E-state index is 0.124. The fourth-order valence-electron chi connectivity index (χ4n) is 0.823. The number of Topliss-reactive ketones (excluding diaryl/α,β-unsaturated/α-hetero) is 1. The Kier molecular flexibility index (Phi) is 2.33. The first-order chi connectivity index (χ1) is 5.65. The molecule has 0 N–H and O–H groups in total. The Morgan fingerprint density at radius 2 is 2.42 bits per heavy atom. The molecule has 0 spiro atoms. The van der Waals surface area contributed by atoms with Crippen LogP contribution in [0.4, 0.5) is 4.39 Å². The molecule has 1 rings (SSSR count). The molecule has 0 aliphatic rings. The van der Waals surface area contributed by atoms with E-state index in [1.165, 1.54) is 25.3 Å². The summed E-state index contributed by atoms with van der Waals surface area (Å²) in [6.45, 7) is 4.73. The van der Waals surface area contributed by atoms with Crippen LogP contribution in [0, 0.1) is 5.82 Å². The van der Waals surface area contributed by atoms with Gasteiger partial charge in [-0.25, -0.2) is 9.37 Å². The third-order valence-corrected chi connectivity index (χ3v) is 1.43. The van der Waals surface area contributed by atoms with Crippen molar-refractivity contribution in [3.63, 3.8) is 0 Å². The molecule has 1 aromatic rings. The van der Waals surface area contributed by atoms with E-state index in [2.05, 4.69) is 11.6 Å². The van der Waals surface area contributed by atoms with E-state index in [0.717, 1.165) is 0 Å². The van der Waals surface area contributed by atoms with Crippen molar-refractivity contribution in [2.75, 3.05) is 0 Å². The highest BCUT2D eigenvalue weighted by Crippen LogP contribution is 2.08. The van der Waals surface area contributed by atoms with Crippen molar-refractivity contribution in [2.24, 2.45) is 0 Å². The number of pyridine rings is 1. The lowest BCUT2D eigenvalue weighted by Crippen LogP contribution is -2.00. The normalized spacial score (nSPS) is 9.50. The summed E-state index contributed by atoms with van der Waals surface area (Å²) in [5.41, 5.74) is 0.443. The molecule has 3 heteroatoms. The average molecular weight is 165 g/mol. The SMILES string of the molecule is C=Cc1cnc(C(C)=O)c(F)c1. The highest BCUT2D eigenvalue weighted by atomic mass is 19.1. The highest BCUT2D eigenvalue weighted by molar-refractivity contribution is 5.92. The molecule has 0 saturated heterocycles. The van der Waals surface area contributed by atoms with Crippen molar-refractivity contribution >= 4 is 11.9 Å². The number of hydrogen-bond donors (Lipinski definition) is 0. The minimum Gasteiger partial charge on any atom is -0.293 e. The third-order valence-electron chi connectivity index (χ3n) is 1.43. The fraction of sp³-hybridized carbons (Fsp3) is 0.111. The van der Waals surface area contributed by atoms with Crippen LogP contribution in [0.2, 0.25) is 0 Å². The molecular weight excluding hydrogens is 157 g/mol. The van der Waals surface area contributed by atoms with Gasteiger partial charge in [0, 0.05) is 13.1 Å². The highest BCUT2D eigenvalue weighted by Gasteiger charge is 2.07. The van der Waals surface area contributed by atoms with Gasteiger partial charge in [0.15, 0.2) is 11.6 Å². The predicted octanol–water partition coefficient (Wildman–Crippen LogP) is 2.07. The summed E-state index contributed by atoms with van der Waals surface area (Å²) >= 11 is 0. The van der Waals surface area contributed by atoms with Crippen molar-refractivity contribution in [3.05, 3.63) is 35.9 Å². The molecule has 0 amide bonds. The van der Waals surface area contributed by atoms with Crippen LogP contribution in [0.3, 0.4) is 0 Å². The first kappa shape index (κ1) is 8.59. The second kappa shape index (κ2) is 3.26. The largest absolute Gasteiger partial charge is 0.293 e. The number of ketones is 1. The summed E-state index contributed by atoms with van der Waals surface area (Å²) in [5.74, 6) is -0.969. The van der Waals surface area contributed by atoms with Crippen LogP contribution in [0.15, 0.2) is 18.8 Å². The van der Waals surface area contributed by atoms with Gasteiger partial charge in [-0.2, -0.15) is 0 Å². The number of hydrogen-bond acceptors (Lipinski definition) is 2. The molecule has 0 fully saturated rings. The lowest BCUT2D eigenvalue weighted by atomic mass is 10.2. The zero-order valence-electron chi connectivity index (χ0n) is 6.67. The van der Waals surface area contributed by atoms with Gasteiger partial charge in [0.1, 0.15) is 5.69 Å². The number of rotatable bonds is 2. The molecule has 0 aromatic carbocycles. The summed E-state index contributed by atoms with van der Waals surface area (Å²) in [6.07, 6.45) is 2.88. The average Bonchev–Trinajstić information content (AvgIpc) is 2.03. The van der Waals surface area contributed by atoms with Gasteiger partial charge in [-0.15, -0.1) is 0 Å². The van der Waals surface area contributed by atoms with Crippen molar-refractivity contribution in [3.8, 4) is 0 Å². The number of carbonyl (C=O) groups is 1. The van der Waals surface area contributed by atoms with Crippen molar-refractivity contribution in [1.82, 2.24) is 4.98 Å². The maximum Gasteiger partial charge on any atom is 0.181 e. The fourth-order valence-corrected chi connectivity index (χ4v) is 0.823. The first-order valence-corrected chi connectivity index (χ1v) is 3.44. The summed E-state index contributed by atoms with van der Waals surface area (Å²) in [6, 6.07) is 1.23. The molecule has 0 atom stereocenters. The molecule has 0 aliphatic carbocycles. The van der Waals surface area contributed by atoms with Crippen LogP contribution in [0.25, 0.3) is 6.08 Å². The van der Waals surface area contributed by atoms with Gasteiger partial charge in [0.2, 0.25) is 0 Å². The molecule has 0 aliphatic heterocycles. The van der Waals surface area contributed by atoms with E-state index in [4.69, 9.17) is 0 Å². The molecular formula is C9H8FNO.